The number of hydrogen-bond donors (Lipinski definition) is 2. The molecule has 2 rings (SSSR count). The highest BCUT2D eigenvalue weighted by atomic mass is 35.5. The zero-order valence-corrected chi connectivity index (χ0v) is 11.2. The Hall–Kier alpha value is -0.730. The molecule has 94 valence electrons. The summed E-state index contributed by atoms with van der Waals surface area (Å²) in [5.41, 5.74) is 1.98. The van der Waals surface area contributed by atoms with Gasteiger partial charge >= 0.3 is 0 Å². The van der Waals surface area contributed by atoms with Crippen molar-refractivity contribution in [1.29, 1.82) is 0 Å². The number of nitrogens with one attached hydrogen (secondary N) is 1. The third-order valence-electron chi connectivity index (χ3n) is 3.45. The molecule has 0 spiro atoms. The molecule has 1 aromatic carbocycles. The second kappa shape index (κ2) is 5.28. The van der Waals surface area contributed by atoms with Gasteiger partial charge in [-0.1, -0.05) is 25.4 Å². The molecule has 1 aliphatic heterocycles. The standard InChI is InChI=1S/C14H20ClNO/c1-9(2)12-8-14(17)10(7-13(12)15)6-11-4-3-5-16-11/h7-9,11,16-17H,3-6H2,1-2H3. The summed E-state index contributed by atoms with van der Waals surface area (Å²) in [6.07, 6.45) is 3.27. The molecule has 1 aliphatic rings. The average Bonchev–Trinajstić information content (AvgIpc) is 2.75. The summed E-state index contributed by atoms with van der Waals surface area (Å²) in [5, 5.41) is 14.2. The monoisotopic (exact) mass is 253 g/mol. The Morgan fingerprint density at radius 2 is 2.24 bits per heavy atom. The van der Waals surface area contributed by atoms with Gasteiger partial charge in [0.25, 0.3) is 0 Å². The van der Waals surface area contributed by atoms with Crippen molar-refractivity contribution in [1.82, 2.24) is 5.32 Å². The van der Waals surface area contributed by atoms with Crippen LogP contribution in [0, 0.1) is 0 Å². The average molecular weight is 254 g/mol. The van der Waals surface area contributed by atoms with E-state index in [4.69, 9.17) is 11.6 Å². The largest absolute Gasteiger partial charge is 0.508 e. The molecule has 0 aliphatic carbocycles. The molecule has 0 bridgehead atoms. The van der Waals surface area contributed by atoms with Crippen LogP contribution in [-0.4, -0.2) is 17.7 Å². The highest BCUT2D eigenvalue weighted by Crippen LogP contribution is 2.32. The molecule has 1 aromatic rings. The lowest BCUT2D eigenvalue weighted by Crippen LogP contribution is -2.23. The predicted molar refractivity (Wildman–Crippen MR) is 71.9 cm³/mol. The summed E-state index contributed by atoms with van der Waals surface area (Å²) >= 11 is 6.25. The van der Waals surface area contributed by atoms with E-state index in [0.717, 1.165) is 29.1 Å². The quantitative estimate of drug-likeness (QED) is 0.865. The van der Waals surface area contributed by atoms with Crippen LogP contribution in [0.1, 0.15) is 43.7 Å². The van der Waals surface area contributed by atoms with Gasteiger partial charge in [0.1, 0.15) is 5.75 Å². The van der Waals surface area contributed by atoms with Gasteiger partial charge in [-0.3, -0.25) is 0 Å². The summed E-state index contributed by atoms with van der Waals surface area (Å²) in [6, 6.07) is 4.23. The van der Waals surface area contributed by atoms with E-state index in [0.29, 0.717) is 17.7 Å². The van der Waals surface area contributed by atoms with E-state index >= 15 is 0 Å². The van der Waals surface area contributed by atoms with Gasteiger partial charge in [-0.2, -0.15) is 0 Å². The SMILES string of the molecule is CC(C)c1cc(O)c(CC2CCCN2)cc1Cl. The first-order valence-electron chi connectivity index (χ1n) is 6.32. The lowest BCUT2D eigenvalue weighted by Gasteiger charge is -2.15. The molecule has 1 fully saturated rings. The van der Waals surface area contributed by atoms with E-state index in [1.807, 2.05) is 12.1 Å². The molecule has 1 heterocycles. The van der Waals surface area contributed by atoms with Crippen LogP contribution in [0.3, 0.4) is 0 Å². The number of halogens is 1. The van der Waals surface area contributed by atoms with Crippen LogP contribution in [0.5, 0.6) is 5.75 Å². The second-order valence-corrected chi connectivity index (χ2v) is 5.56. The van der Waals surface area contributed by atoms with E-state index < -0.39 is 0 Å². The molecule has 1 saturated heterocycles. The molecular weight excluding hydrogens is 234 g/mol. The lowest BCUT2D eigenvalue weighted by molar-refractivity contribution is 0.461. The number of rotatable bonds is 3. The molecular formula is C14H20ClNO. The van der Waals surface area contributed by atoms with Crippen molar-refractivity contribution >= 4 is 11.6 Å². The van der Waals surface area contributed by atoms with Gasteiger partial charge in [0, 0.05) is 11.1 Å². The number of hydrogen-bond acceptors (Lipinski definition) is 2. The lowest BCUT2D eigenvalue weighted by atomic mass is 9.97. The van der Waals surface area contributed by atoms with Crippen molar-refractivity contribution in [3.63, 3.8) is 0 Å². The van der Waals surface area contributed by atoms with Crippen molar-refractivity contribution in [3.8, 4) is 5.75 Å². The molecule has 1 unspecified atom stereocenters. The third-order valence-corrected chi connectivity index (χ3v) is 3.78. The zero-order valence-electron chi connectivity index (χ0n) is 10.5. The molecule has 0 aromatic heterocycles. The van der Waals surface area contributed by atoms with Gasteiger partial charge < -0.3 is 10.4 Å². The topological polar surface area (TPSA) is 32.3 Å². The second-order valence-electron chi connectivity index (χ2n) is 5.15. The van der Waals surface area contributed by atoms with Crippen LogP contribution in [0.15, 0.2) is 12.1 Å². The van der Waals surface area contributed by atoms with Gasteiger partial charge in [-0.05, 0) is 55.0 Å². The predicted octanol–water partition coefficient (Wildman–Crippen LogP) is 3.46. The Morgan fingerprint density at radius 3 is 2.82 bits per heavy atom. The molecule has 0 saturated carbocycles. The van der Waals surface area contributed by atoms with Crippen molar-refractivity contribution in [3.05, 3.63) is 28.3 Å². The van der Waals surface area contributed by atoms with Crippen LogP contribution in [0.2, 0.25) is 5.02 Å². The van der Waals surface area contributed by atoms with Crippen LogP contribution in [0.25, 0.3) is 0 Å². The van der Waals surface area contributed by atoms with Gasteiger partial charge in [-0.15, -0.1) is 0 Å². The minimum Gasteiger partial charge on any atom is -0.508 e. The first-order valence-corrected chi connectivity index (χ1v) is 6.70. The third kappa shape index (κ3) is 2.93. The number of phenols is 1. The molecule has 0 amide bonds. The van der Waals surface area contributed by atoms with E-state index in [9.17, 15) is 5.11 Å². The van der Waals surface area contributed by atoms with Gasteiger partial charge in [0.2, 0.25) is 0 Å². The van der Waals surface area contributed by atoms with E-state index in [-0.39, 0.29) is 0 Å². The number of aromatic hydroxyl groups is 1. The van der Waals surface area contributed by atoms with Crippen LogP contribution in [0.4, 0.5) is 0 Å². The highest BCUT2D eigenvalue weighted by Gasteiger charge is 2.18. The van der Waals surface area contributed by atoms with E-state index in [1.165, 1.54) is 12.8 Å². The summed E-state index contributed by atoms with van der Waals surface area (Å²) in [5.74, 6) is 0.721. The summed E-state index contributed by atoms with van der Waals surface area (Å²) < 4.78 is 0. The first kappa shape index (κ1) is 12.7. The smallest absolute Gasteiger partial charge is 0.119 e. The fraction of sp³-hybridized carbons (Fsp3) is 0.571. The highest BCUT2D eigenvalue weighted by molar-refractivity contribution is 6.31. The van der Waals surface area contributed by atoms with E-state index in [2.05, 4.69) is 19.2 Å². The molecule has 1 atom stereocenters. The minimum atomic E-state index is 0.340. The summed E-state index contributed by atoms with van der Waals surface area (Å²) in [6.45, 7) is 5.25. The Balaban J connectivity index is 2.20. The molecule has 17 heavy (non-hydrogen) atoms. The van der Waals surface area contributed by atoms with Crippen molar-refractivity contribution in [2.75, 3.05) is 6.54 Å². The Bertz CT molecular complexity index is 397. The maximum atomic E-state index is 10.0. The summed E-state index contributed by atoms with van der Waals surface area (Å²) in [7, 11) is 0. The Labute approximate surface area is 108 Å². The van der Waals surface area contributed by atoms with Crippen molar-refractivity contribution in [2.24, 2.45) is 0 Å². The molecule has 2 N–H and O–H groups in total. The number of benzene rings is 1. The van der Waals surface area contributed by atoms with Crippen LogP contribution in [-0.2, 0) is 6.42 Å². The fourth-order valence-electron chi connectivity index (χ4n) is 2.42. The van der Waals surface area contributed by atoms with Crippen LogP contribution < -0.4 is 5.32 Å². The van der Waals surface area contributed by atoms with Crippen molar-refractivity contribution < 1.29 is 5.11 Å². The normalized spacial score (nSPS) is 20.1. The minimum absolute atomic E-state index is 0.340. The molecule has 3 heteroatoms. The maximum Gasteiger partial charge on any atom is 0.119 e. The van der Waals surface area contributed by atoms with Gasteiger partial charge in [0.15, 0.2) is 0 Å². The molecule has 0 radical (unpaired) electrons. The Kier molecular flexibility index (Phi) is 3.95. The van der Waals surface area contributed by atoms with E-state index in [1.54, 1.807) is 0 Å². The van der Waals surface area contributed by atoms with Gasteiger partial charge in [0.05, 0.1) is 0 Å². The summed E-state index contributed by atoms with van der Waals surface area (Å²) in [4.78, 5) is 0. The number of phenolic OH excluding ortho intramolecular Hbond substituents is 1. The Morgan fingerprint density at radius 1 is 1.47 bits per heavy atom. The van der Waals surface area contributed by atoms with Crippen molar-refractivity contribution in [2.45, 2.75) is 45.1 Å². The zero-order chi connectivity index (χ0) is 12.4. The fourth-order valence-corrected chi connectivity index (χ4v) is 2.83. The maximum absolute atomic E-state index is 10.0. The van der Waals surface area contributed by atoms with Gasteiger partial charge in [-0.25, -0.2) is 0 Å². The first-order chi connectivity index (χ1) is 8.08. The van der Waals surface area contributed by atoms with Crippen LogP contribution >= 0.6 is 11.6 Å². The molecule has 2 nitrogen and oxygen atoms in total.